The van der Waals surface area contributed by atoms with Crippen LogP contribution in [0.2, 0.25) is 5.15 Å². The summed E-state index contributed by atoms with van der Waals surface area (Å²) < 4.78 is 1.54. The number of halogens is 1. The predicted molar refractivity (Wildman–Crippen MR) is 61.8 cm³/mol. The van der Waals surface area contributed by atoms with Crippen LogP contribution in [-0.4, -0.2) is 19.5 Å². The second-order valence-electron chi connectivity index (χ2n) is 3.14. The molecule has 2 aromatic heterocycles. The lowest BCUT2D eigenvalue weighted by Crippen LogP contribution is -2.00. The first-order valence-corrected chi connectivity index (χ1v) is 5.00. The third kappa shape index (κ3) is 2.67. The number of hydrogen-bond donors (Lipinski definition) is 0. The molecule has 0 N–H and O–H groups in total. The predicted octanol–water partition coefficient (Wildman–Crippen LogP) is 2.05. The van der Waals surface area contributed by atoms with E-state index in [9.17, 15) is 10.1 Å². The van der Waals surface area contributed by atoms with Gasteiger partial charge in [-0.1, -0.05) is 11.6 Å². The molecule has 86 valence electrons. The normalized spacial score (nSPS) is 11.5. The lowest BCUT2D eigenvalue weighted by atomic mass is 10.2. The van der Waals surface area contributed by atoms with Gasteiger partial charge in [0.25, 0.3) is 6.20 Å². The second kappa shape index (κ2) is 4.75. The van der Waals surface area contributed by atoms with Crippen LogP contribution >= 0.6 is 11.6 Å². The second-order valence-corrected chi connectivity index (χ2v) is 3.53. The largest absolute Gasteiger partial charge is 0.300 e. The molecule has 0 aromatic carbocycles. The van der Waals surface area contributed by atoms with Gasteiger partial charge in [0, 0.05) is 24.2 Å². The maximum atomic E-state index is 10.6. The maximum Gasteiger partial charge on any atom is 0.258 e. The van der Waals surface area contributed by atoms with Gasteiger partial charge in [-0.25, -0.2) is 9.97 Å². The zero-order valence-electron chi connectivity index (χ0n) is 8.52. The lowest BCUT2D eigenvalue weighted by Gasteiger charge is -2.05. The fourth-order valence-corrected chi connectivity index (χ4v) is 1.43. The number of pyridine rings is 1. The highest BCUT2D eigenvalue weighted by Gasteiger charge is 2.09. The van der Waals surface area contributed by atoms with E-state index in [1.54, 1.807) is 18.3 Å². The van der Waals surface area contributed by atoms with E-state index in [0.29, 0.717) is 16.4 Å². The molecular formula is C10H7ClN4O2. The molecule has 0 spiro atoms. The van der Waals surface area contributed by atoms with Crippen molar-refractivity contribution in [2.45, 2.75) is 0 Å². The molecular weight excluding hydrogens is 244 g/mol. The van der Waals surface area contributed by atoms with Crippen molar-refractivity contribution < 1.29 is 4.92 Å². The third-order valence-electron chi connectivity index (χ3n) is 2.03. The molecule has 0 bridgehead atoms. The SMILES string of the molecule is O=[N+]([O-])/C=C(\c1ccc(Cl)nc1)n1ccnc1. The highest BCUT2D eigenvalue weighted by molar-refractivity contribution is 6.29. The Morgan fingerprint density at radius 3 is 2.88 bits per heavy atom. The average Bonchev–Trinajstić information content (AvgIpc) is 2.80. The zero-order valence-corrected chi connectivity index (χ0v) is 9.28. The number of hydrogen-bond acceptors (Lipinski definition) is 4. The molecule has 0 atom stereocenters. The third-order valence-corrected chi connectivity index (χ3v) is 2.26. The molecule has 0 aliphatic heterocycles. The molecule has 2 aromatic rings. The van der Waals surface area contributed by atoms with E-state index >= 15 is 0 Å². The van der Waals surface area contributed by atoms with E-state index in [1.807, 2.05) is 0 Å². The quantitative estimate of drug-likeness (QED) is 0.475. The van der Waals surface area contributed by atoms with Crippen LogP contribution in [0, 0.1) is 10.1 Å². The molecule has 2 heterocycles. The monoisotopic (exact) mass is 250 g/mol. The first-order chi connectivity index (χ1) is 8.16. The molecule has 2 rings (SSSR count). The Morgan fingerprint density at radius 1 is 1.53 bits per heavy atom. The van der Waals surface area contributed by atoms with Crippen molar-refractivity contribution in [3.63, 3.8) is 0 Å². The van der Waals surface area contributed by atoms with Crippen LogP contribution in [0.4, 0.5) is 0 Å². The van der Waals surface area contributed by atoms with Gasteiger partial charge in [0.15, 0.2) is 0 Å². The fourth-order valence-electron chi connectivity index (χ4n) is 1.32. The molecule has 0 aliphatic carbocycles. The van der Waals surface area contributed by atoms with Gasteiger partial charge in [-0.2, -0.15) is 0 Å². The minimum atomic E-state index is -0.524. The van der Waals surface area contributed by atoms with E-state index < -0.39 is 4.92 Å². The van der Waals surface area contributed by atoms with Gasteiger partial charge in [0.05, 0.1) is 11.3 Å². The van der Waals surface area contributed by atoms with Gasteiger partial charge in [-0.05, 0) is 12.1 Å². The van der Waals surface area contributed by atoms with Crippen molar-refractivity contribution in [2.24, 2.45) is 0 Å². The van der Waals surface area contributed by atoms with Crippen molar-refractivity contribution >= 4 is 17.3 Å². The van der Waals surface area contributed by atoms with E-state index in [1.165, 1.54) is 23.3 Å². The summed E-state index contributed by atoms with van der Waals surface area (Å²) in [6.45, 7) is 0. The van der Waals surface area contributed by atoms with Crippen LogP contribution in [0.15, 0.2) is 43.3 Å². The maximum absolute atomic E-state index is 10.6. The average molecular weight is 251 g/mol. The molecule has 0 aliphatic rings. The van der Waals surface area contributed by atoms with Crippen LogP contribution in [-0.2, 0) is 0 Å². The molecule has 0 saturated carbocycles. The van der Waals surface area contributed by atoms with Crippen LogP contribution in [0.1, 0.15) is 5.56 Å². The van der Waals surface area contributed by atoms with Crippen LogP contribution in [0.3, 0.4) is 0 Å². The summed E-state index contributed by atoms with van der Waals surface area (Å²) in [7, 11) is 0. The number of rotatable bonds is 3. The minimum absolute atomic E-state index is 0.333. The summed E-state index contributed by atoms with van der Waals surface area (Å²) in [5.41, 5.74) is 0.959. The van der Waals surface area contributed by atoms with Crippen LogP contribution in [0.25, 0.3) is 5.70 Å². The van der Waals surface area contributed by atoms with Gasteiger partial charge < -0.3 is 4.57 Å². The fraction of sp³-hybridized carbons (Fsp3) is 0. The Balaban J connectivity index is 2.48. The number of nitro groups is 1. The van der Waals surface area contributed by atoms with Gasteiger partial charge >= 0.3 is 0 Å². The number of nitrogens with zero attached hydrogens (tertiary/aromatic N) is 4. The highest BCUT2D eigenvalue weighted by Crippen LogP contribution is 2.17. The highest BCUT2D eigenvalue weighted by atomic mass is 35.5. The van der Waals surface area contributed by atoms with E-state index in [4.69, 9.17) is 11.6 Å². The molecule has 0 amide bonds. The molecule has 6 nitrogen and oxygen atoms in total. The molecule has 0 radical (unpaired) electrons. The van der Waals surface area contributed by atoms with Crippen LogP contribution in [0.5, 0.6) is 0 Å². The van der Waals surface area contributed by atoms with E-state index in [2.05, 4.69) is 9.97 Å². The first-order valence-electron chi connectivity index (χ1n) is 4.62. The summed E-state index contributed by atoms with van der Waals surface area (Å²) in [5.74, 6) is 0. The summed E-state index contributed by atoms with van der Waals surface area (Å²) in [5, 5.41) is 10.9. The Morgan fingerprint density at radius 2 is 2.35 bits per heavy atom. The van der Waals surface area contributed by atoms with Crippen molar-refractivity contribution in [1.29, 1.82) is 0 Å². The van der Waals surface area contributed by atoms with Gasteiger partial charge in [0.2, 0.25) is 0 Å². The topological polar surface area (TPSA) is 73.8 Å². The Kier molecular flexibility index (Phi) is 3.15. The molecule has 7 heteroatoms. The van der Waals surface area contributed by atoms with E-state index in [0.717, 1.165) is 6.20 Å². The summed E-state index contributed by atoms with van der Waals surface area (Å²) >= 11 is 5.66. The lowest BCUT2D eigenvalue weighted by molar-refractivity contribution is -0.401. The molecule has 0 fully saturated rings. The first kappa shape index (κ1) is 11.3. The number of imidazole rings is 1. The standard InChI is InChI=1S/C10H7ClN4O2/c11-10-2-1-8(5-13-10)9(6-15(16)17)14-4-3-12-7-14/h1-7H/b9-6+. The van der Waals surface area contributed by atoms with Crippen molar-refractivity contribution in [3.8, 4) is 0 Å². The van der Waals surface area contributed by atoms with Gasteiger partial charge in [-0.3, -0.25) is 10.1 Å². The van der Waals surface area contributed by atoms with E-state index in [-0.39, 0.29) is 0 Å². The summed E-state index contributed by atoms with van der Waals surface area (Å²) in [4.78, 5) is 17.8. The zero-order chi connectivity index (χ0) is 12.3. The molecule has 0 saturated heterocycles. The molecule has 17 heavy (non-hydrogen) atoms. The summed E-state index contributed by atoms with van der Waals surface area (Å²) in [6.07, 6.45) is 7.00. The van der Waals surface area contributed by atoms with Gasteiger partial charge in [0.1, 0.15) is 10.9 Å². The minimum Gasteiger partial charge on any atom is -0.300 e. The van der Waals surface area contributed by atoms with Gasteiger partial charge in [-0.15, -0.1) is 0 Å². The van der Waals surface area contributed by atoms with Crippen molar-refractivity contribution in [2.75, 3.05) is 0 Å². The smallest absolute Gasteiger partial charge is 0.258 e. The van der Waals surface area contributed by atoms with Crippen molar-refractivity contribution in [1.82, 2.24) is 14.5 Å². The Hall–Kier alpha value is -2.21. The Bertz CT molecular complexity index is 548. The molecule has 0 unspecified atom stereocenters. The number of aromatic nitrogens is 3. The Labute approximate surface area is 101 Å². The summed E-state index contributed by atoms with van der Waals surface area (Å²) in [6, 6.07) is 3.23. The van der Waals surface area contributed by atoms with Crippen molar-refractivity contribution in [3.05, 3.63) is 64.1 Å². The van der Waals surface area contributed by atoms with Crippen LogP contribution < -0.4 is 0 Å².